The Labute approximate surface area is 202 Å². The van der Waals surface area contributed by atoms with Crippen molar-refractivity contribution in [3.05, 3.63) is 53.7 Å². The highest BCUT2D eigenvalue weighted by molar-refractivity contribution is 8.01. The number of aromatic nitrogens is 3. The lowest BCUT2D eigenvalue weighted by Crippen LogP contribution is -2.14. The van der Waals surface area contributed by atoms with E-state index < -0.39 is 0 Å². The zero-order valence-electron chi connectivity index (χ0n) is 19.5. The molecule has 1 aromatic carbocycles. The van der Waals surface area contributed by atoms with Gasteiger partial charge in [-0.3, -0.25) is 0 Å². The van der Waals surface area contributed by atoms with Crippen molar-refractivity contribution in [1.82, 2.24) is 14.8 Å². The SMILES string of the molecule is Cc1nn(-c2nc(C3=CCC(C)(C)CC3)c(SC(C)C)s2)cc1-c1cccc(F)c1.O=C=O. The third-order valence-corrected chi connectivity index (χ3v) is 7.69. The molecule has 33 heavy (non-hydrogen) atoms. The van der Waals surface area contributed by atoms with Crippen molar-refractivity contribution in [2.75, 3.05) is 0 Å². The highest BCUT2D eigenvalue weighted by Crippen LogP contribution is 2.43. The van der Waals surface area contributed by atoms with Crippen LogP contribution in [0.3, 0.4) is 0 Å². The van der Waals surface area contributed by atoms with Crippen LogP contribution >= 0.6 is 23.1 Å². The normalized spacial score (nSPS) is 14.9. The monoisotopic (exact) mass is 485 g/mol. The number of thiazole rings is 1. The number of benzene rings is 1. The van der Waals surface area contributed by atoms with Crippen LogP contribution in [-0.4, -0.2) is 26.2 Å². The Morgan fingerprint density at radius 1 is 1.27 bits per heavy atom. The largest absolute Gasteiger partial charge is 0.373 e. The predicted molar refractivity (Wildman–Crippen MR) is 131 cm³/mol. The summed E-state index contributed by atoms with van der Waals surface area (Å²) >= 11 is 3.56. The van der Waals surface area contributed by atoms with Crippen molar-refractivity contribution in [3.63, 3.8) is 0 Å². The molecule has 2 aromatic heterocycles. The minimum atomic E-state index is -0.237. The minimum absolute atomic E-state index is 0.237. The first-order valence-corrected chi connectivity index (χ1v) is 12.5. The summed E-state index contributed by atoms with van der Waals surface area (Å²) in [5.74, 6) is -0.237. The summed E-state index contributed by atoms with van der Waals surface area (Å²) in [6.07, 6.45) is 7.93. The number of halogens is 1. The lowest BCUT2D eigenvalue weighted by molar-refractivity contribution is -0.191. The number of hydrogen-bond acceptors (Lipinski definition) is 6. The molecular formula is C25H28FN3O2S2. The molecule has 2 heterocycles. The number of rotatable bonds is 5. The van der Waals surface area contributed by atoms with E-state index in [4.69, 9.17) is 19.7 Å². The number of hydrogen-bond donors (Lipinski definition) is 0. The zero-order chi connectivity index (χ0) is 24.2. The molecule has 0 atom stereocenters. The molecule has 0 amide bonds. The number of aryl methyl sites for hydroxylation is 1. The highest BCUT2D eigenvalue weighted by atomic mass is 32.2. The molecule has 1 aliphatic rings. The van der Waals surface area contributed by atoms with E-state index in [9.17, 15) is 4.39 Å². The zero-order valence-corrected chi connectivity index (χ0v) is 21.1. The van der Waals surface area contributed by atoms with Crippen molar-refractivity contribution in [2.45, 2.75) is 63.3 Å². The van der Waals surface area contributed by atoms with E-state index in [1.165, 1.54) is 22.3 Å². The number of carbonyl (C=O) groups excluding carboxylic acids is 2. The second-order valence-electron chi connectivity index (χ2n) is 9.06. The van der Waals surface area contributed by atoms with E-state index in [-0.39, 0.29) is 12.0 Å². The molecule has 0 saturated carbocycles. The van der Waals surface area contributed by atoms with Gasteiger partial charge in [-0.2, -0.15) is 14.7 Å². The van der Waals surface area contributed by atoms with Crippen LogP contribution in [0.15, 0.2) is 40.7 Å². The van der Waals surface area contributed by atoms with Gasteiger partial charge in [0.2, 0.25) is 5.13 Å². The van der Waals surface area contributed by atoms with Gasteiger partial charge in [-0.1, -0.05) is 57.2 Å². The van der Waals surface area contributed by atoms with Crippen LogP contribution in [-0.2, 0) is 9.59 Å². The van der Waals surface area contributed by atoms with Crippen LogP contribution in [0.5, 0.6) is 0 Å². The Morgan fingerprint density at radius 2 is 2.00 bits per heavy atom. The Balaban J connectivity index is 0.000000968. The van der Waals surface area contributed by atoms with Gasteiger partial charge in [-0.25, -0.2) is 14.1 Å². The molecular weight excluding hydrogens is 457 g/mol. The van der Waals surface area contributed by atoms with Gasteiger partial charge in [0.1, 0.15) is 5.82 Å². The van der Waals surface area contributed by atoms with Crippen molar-refractivity contribution in [1.29, 1.82) is 0 Å². The van der Waals surface area contributed by atoms with E-state index in [0.717, 1.165) is 40.5 Å². The Hall–Kier alpha value is -2.54. The van der Waals surface area contributed by atoms with Crippen LogP contribution in [0, 0.1) is 18.2 Å². The fourth-order valence-corrected chi connectivity index (χ4v) is 6.15. The average molecular weight is 486 g/mol. The smallest absolute Gasteiger partial charge is 0.217 e. The molecule has 0 N–H and O–H groups in total. The molecule has 5 nitrogen and oxygen atoms in total. The number of allylic oxidation sites excluding steroid dienone is 2. The van der Waals surface area contributed by atoms with Crippen molar-refractivity contribution < 1.29 is 14.0 Å². The molecule has 0 fully saturated rings. The van der Waals surface area contributed by atoms with Crippen LogP contribution in [0.4, 0.5) is 4.39 Å². The molecule has 174 valence electrons. The molecule has 3 aromatic rings. The first kappa shape index (κ1) is 25.1. The van der Waals surface area contributed by atoms with Gasteiger partial charge in [-0.05, 0) is 54.9 Å². The predicted octanol–water partition coefficient (Wildman–Crippen LogP) is 6.95. The van der Waals surface area contributed by atoms with E-state index in [1.54, 1.807) is 23.5 Å². The number of nitrogens with zero attached hydrogens (tertiary/aromatic N) is 3. The lowest BCUT2D eigenvalue weighted by Gasteiger charge is -2.28. The summed E-state index contributed by atoms with van der Waals surface area (Å²) in [7, 11) is 0. The maximum Gasteiger partial charge on any atom is 0.373 e. The molecule has 4 rings (SSSR count). The fourth-order valence-electron chi connectivity index (χ4n) is 3.68. The summed E-state index contributed by atoms with van der Waals surface area (Å²) in [6, 6.07) is 6.66. The third-order valence-electron chi connectivity index (χ3n) is 5.43. The van der Waals surface area contributed by atoms with Crippen LogP contribution < -0.4 is 0 Å². The van der Waals surface area contributed by atoms with E-state index >= 15 is 0 Å². The third kappa shape index (κ3) is 6.28. The molecule has 1 aliphatic carbocycles. The first-order chi connectivity index (χ1) is 15.6. The average Bonchev–Trinajstić information content (AvgIpc) is 3.32. The summed E-state index contributed by atoms with van der Waals surface area (Å²) < 4.78 is 16.8. The van der Waals surface area contributed by atoms with Crippen LogP contribution in [0.25, 0.3) is 21.8 Å². The van der Waals surface area contributed by atoms with Gasteiger partial charge >= 0.3 is 6.15 Å². The molecule has 0 radical (unpaired) electrons. The first-order valence-electron chi connectivity index (χ1n) is 10.8. The van der Waals surface area contributed by atoms with Gasteiger partial charge in [0.25, 0.3) is 0 Å². The topological polar surface area (TPSA) is 64.8 Å². The van der Waals surface area contributed by atoms with Crippen molar-refractivity contribution in [3.8, 4) is 16.3 Å². The number of thioether (sulfide) groups is 1. The van der Waals surface area contributed by atoms with Crippen molar-refractivity contribution in [2.24, 2.45) is 5.41 Å². The molecule has 0 saturated heterocycles. The Kier molecular flexibility index (Phi) is 8.05. The summed E-state index contributed by atoms with van der Waals surface area (Å²) in [6.45, 7) is 11.0. The molecule has 0 bridgehead atoms. The van der Waals surface area contributed by atoms with Gasteiger partial charge in [0, 0.05) is 17.0 Å². The molecule has 0 unspecified atom stereocenters. The fraction of sp³-hybridized carbons (Fsp3) is 0.400. The lowest BCUT2D eigenvalue weighted by atomic mass is 9.78. The van der Waals surface area contributed by atoms with Crippen LogP contribution in [0.2, 0.25) is 0 Å². The van der Waals surface area contributed by atoms with Gasteiger partial charge in [-0.15, -0.1) is 11.8 Å². The summed E-state index contributed by atoms with van der Waals surface area (Å²) in [4.78, 5) is 21.3. The summed E-state index contributed by atoms with van der Waals surface area (Å²) in [5, 5.41) is 6.05. The minimum Gasteiger partial charge on any atom is -0.217 e. The Bertz CT molecular complexity index is 1190. The van der Waals surface area contributed by atoms with E-state index in [1.807, 2.05) is 35.6 Å². The van der Waals surface area contributed by atoms with E-state index in [0.29, 0.717) is 10.7 Å². The van der Waals surface area contributed by atoms with Gasteiger partial charge < -0.3 is 0 Å². The maximum absolute atomic E-state index is 13.7. The quantitative estimate of drug-likeness (QED) is 0.366. The Morgan fingerprint density at radius 3 is 2.61 bits per heavy atom. The molecule has 0 spiro atoms. The molecule has 0 aliphatic heterocycles. The van der Waals surface area contributed by atoms with E-state index in [2.05, 4.69) is 33.8 Å². The molecule has 8 heteroatoms. The second-order valence-corrected chi connectivity index (χ2v) is 11.9. The van der Waals surface area contributed by atoms with Crippen molar-refractivity contribution >= 4 is 34.8 Å². The maximum atomic E-state index is 13.7. The summed E-state index contributed by atoms with van der Waals surface area (Å²) in [5.41, 5.74) is 5.48. The van der Waals surface area contributed by atoms with Gasteiger partial charge in [0.05, 0.1) is 15.6 Å². The standard InChI is InChI=1S/C24H28FN3S2.CO2/c1-15(2)29-22-21(17-9-11-24(4,5)12-10-17)26-23(30-22)28-14-20(16(3)27-28)18-7-6-8-19(25)13-18;2-1-3/h6-9,13-15H,10-12H2,1-5H3;. The van der Waals surface area contributed by atoms with Gasteiger partial charge in [0.15, 0.2) is 0 Å². The van der Waals surface area contributed by atoms with Crippen LogP contribution in [0.1, 0.15) is 58.3 Å². The second kappa shape index (κ2) is 10.6. The highest BCUT2D eigenvalue weighted by Gasteiger charge is 2.26.